The first-order valence-electron chi connectivity index (χ1n) is 15.5. The van der Waals surface area contributed by atoms with Crippen LogP contribution in [0.1, 0.15) is 32.1 Å². The Morgan fingerprint density at radius 2 is 1.32 bits per heavy atom. The van der Waals surface area contributed by atoms with E-state index in [0.717, 1.165) is 16.5 Å². The van der Waals surface area contributed by atoms with Crippen LogP contribution in [0.5, 0.6) is 11.5 Å². The molecule has 0 atom stereocenters. The van der Waals surface area contributed by atoms with E-state index in [1.54, 1.807) is 37.7 Å². The van der Waals surface area contributed by atoms with E-state index in [1.807, 2.05) is 84.9 Å². The van der Waals surface area contributed by atoms with Crippen molar-refractivity contribution in [3.05, 3.63) is 161 Å². The van der Waals surface area contributed by atoms with Crippen LogP contribution in [0, 0.1) is 0 Å². The number of rotatable bonds is 8. The van der Waals surface area contributed by atoms with Gasteiger partial charge in [-0.05, 0) is 47.9 Å². The molecular formula is C41H30N4O5. The molecule has 0 fully saturated rings. The van der Waals surface area contributed by atoms with Crippen LogP contribution in [-0.4, -0.2) is 46.2 Å². The fraction of sp³-hybridized carbons (Fsp3) is 0.0488. The smallest absolute Gasteiger partial charge is 0.214 e. The second kappa shape index (κ2) is 14.9. The Morgan fingerprint density at radius 1 is 0.720 bits per heavy atom. The maximum Gasteiger partial charge on any atom is 0.214 e. The van der Waals surface area contributed by atoms with E-state index in [1.165, 1.54) is 19.3 Å². The van der Waals surface area contributed by atoms with E-state index in [4.69, 9.17) is 9.47 Å². The van der Waals surface area contributed by atoms with Gasteiger partial charge >= 0.3 is 0 Å². The fourth-order valence-electron chi connectivity index (χ4n) is 5.29. The predicted molar refractivity (Wildman–Crippen MR) is 195 cm³/mol. The van der Waals surface area contributed by atoms with Gasteiger partial charge in [0.2, 0.25) is 11.2 Å². The van der Waals surface area contributed by atoms with Crippen LogP contribution in [0.15, 0.2) is 133 Å². The highest BCUT2D eigenvalue weighted by atomic mass is 16.5. The average Bonchev–Trinajstić information content (AvgIpc) is 3.33. The number of nitrogens with zero attached hydrogens (tertiary/aromatic N) is 4. The van der Waals surface area contributed by atoms with E-state index in [0.29, 0.717) is 51.3 Å². The van der Waals surface area contributed by atoms with E-state index >= 15 is 0 Å². The Hall–Kier alpha value is -6.87. The van der Waals surface area contributed by atoms with Gasteiger partial charge in [0.15, 0.2) is 6.29 Å². The first-order valence-corrected chi connectivity index (χ1v) is 15.5. The van der Waals surface area contributed by atoms with E-state index in [9.17, 15) is 14.4 Å². The lowest BCUT2D eigenvalue weighted by molar-refractivity contribution is 0.102. The zero-order chi connectivity index (χ0) is 35.0. The molecule has 2 aromatic heterocycles. The van der Waals surface area contributed by atoms with E-state index in [-0.39, 0.29) is 22.2 Å². The van der Waals surface area contributed by atoms with Crippen LogP contribution in [0.2, 0.25) is 0 Å². The minimum atomic E-state index is -0.411. The van der Waals surface area contributed by atoms with Gasteiger partial charge < -0.3 is 9.47 Å². The molecule has 0 N–H and O–H groups in total. The number of carbonyl (C=O) groups is 2. The third-order valence-electron chi connectivity index (χ3n) is 7.92. The number of carbonyl (C=O) groups excluding carboxylic acids is 2. The highest BCUT2D eigenvalue weighted by molar-refractivity contribution is 6.13. The van der Waals surface area contributed by atoms with Crippen molar-refractivity contribution in [2.24, 2.45) is 0 Å². The minimum absolute atomic E-state index is 0.137. The van der Waals surface area contributed by atoms with Crippen LogP contribution in [0.3, 0.4) is 0 Å². The van der Waals surface area contributed by atoms with Crippen molar-refractivity contribution in [3.63, 3.8) is 0 Å². The number of benzene rings is 4. The number of fused-ring (bicyclic) bond motifs is 2. The average molecular weight is 659 g/mol. The molecule has 50 heavy (non-hydrogen) atoms. The summed E-state index contributed by atoms with van der Waals surface area (Å²) < 4.78 is 10.4. The molecular weight excluding hydrogens is 628 g/mol. The largest absolute Gasteiger partial charge is 0.497 e. The van der Waals surface area contributed by atoms with Gasteiger partial charge in [0.25, 0.3) is 0 Å². The topological polar surface area (TPSA) is 121 Å². The molecule has 0 unspecified atom stereocenters. The third kappa shape index (κ3) is 6.88. The number of aromatic nitrogens is 4. The van der Waals surface area contributed by atoms with Crippen molar-refractivity contribution >= 4 is 40.0 Å². The zero-order valence-corrected chi connectivity index (χ0v) is 27.2. The van der Waals surface area contributed by atoms with Crippen molar-refractivity contribution in [2.45, 2.75) is 0 Å². The summed E-state index contributed by atoms with van der Waals surface area (Å²) in [5.41, 5.74) is 4.78. The van der Waals surface area contributed by atoms with Gasteiger partial charge in [-0.3, -0.25) is 24.4 Å². The first-order chi connectivity index (χ1) is 24.4. The number of aldehydes is 1. The molecule has 0 bridgehead atoms. The Balaban J connectivity index is 0.000000173. The zero-order valence-electron chi connectivity index (χ0n) is 27.2. The summed E-state index contributed by atoms with van der Waals surface area (Å²) in [5.74, 6) is 0.712. The molecule has 7 aromatic rings. The Bertz CT molecular complexity index is 2430. The van der Waals surface area contributed by atoms with Gasteiger partial charge in [-0.1, -0.05) is 79.4 Å². The van der Waals surface area contributed by atoms with Crippen molar-refractivity contribution in [2.75, 3.05) is 14.2 Å². The number of hydrogen-bond acceptors (Lipinski definition) is 9. The molecule has 7 rings (SSSR count). The fourth-order valence-corrected chi connectivity index (χ4v) is 5.29. The predicted octanol–water partition coefficient (Wildman–Crippen LogP) is 7.66. The molecule has 9 heteroatoms. The molecule has 0 saturated heterocycles. The molecule has 0 radical (unpaired) electrons. The van der Waals surface area contributed by atoms with Gasteiger partial charge in [-0.15, -0.1) is 0 Å². The van der Waals surface area contributed by atoms with Crippen LogP contribution in [0.25, 0.3) is 50.4 Å². The minimum Gasteiger partial charge on any atom is -0.497 e. The summed E-state index contributed by atoms with van der Waals surface area (Å²) in [6.45, 7) is 3.70. The second-order valence-corrected chi connectivity index (χ2v) is 10.9. The highest BCUT2D eigenvalue weighted by Crippen LogP contribution is 2.24. The molecule has 9 nitrogen and oxygen atoms in total. The maximum atomic E-state index is 13.1. The number of ether oxygens (including phenoxy) is 2. The molecule has 0 spiro atoms. The number of methoxy groups -OCH3 is 2. The highest BCUT2D eigenvalue weighted by Gasteiger charge is 2.20. The first kappa shape index (κ1) is 33.0. The second-order valence-electron chi connectivity index (χ2n) is 10.9. The molecule has 0 saturated carbocycles. The Kier molecular flexibility index (Phi) is 9.86. The quantitative estimate of drug-likeness (QED) is 0.120. The summed E-state index contributed by atoms with van der Waals surface area (Å²) >= 11 is 0. The molecule has 0 aliphatic heterocycles. The van der Waals surface area contributed by atoms with E-state index < -0.39 is 5.78 Å². The van der Waals surface area contributed by atoms with Crippen molar-refractivity contribution in [1.82, 2.24) is 19.9 Å². The van der Waals surface area contributed by atoms with Crippen molar-refractivity contribution in [3.8, 4) is 34.0 Å². The third-order valence-corrected chi connectivity index (χ3v) is 7.92. The molecule has 0 amide bonds. The SMILES string of the molecule is C=Cc1ncc(-c2ccccc2)nc1C(=O)c1cc(OC)ccc1C=O.COc1ccc2ccc3ncc(-c4ccccc4)nc3c(=O)c2c1. The molecule has 0 aliphatic carbocycles. The monoisotopic (exact) mass is 658 g/mol. The lowest BCUT2D eigenvalue weighted by Gasteiger charge is -2.10. The van der Waals surface area contributed by atoms with Gasteiger partial charge in [-0.2, -0.15) is 0 Å². The standard InChI is InChI=1S/C21H16N2O3.C20H14N2O2/c1-3-18-20(23-19(12-22-18)14-7-5-4-6-8-14)21(25)17-11-16(26-2)10-9-15(17)13-24;1-24-15-9-7-13-8-10-17-19(20(23)16(13)11-15)22-18(12-21-17)14-5-3-2-4-6-14/h3-13H,1H2,2H3;2-12H,1H3. The Morgan fingerprint density at radius 3 is 1.96 bits per heavy atom. The van der Waals surface area contributed by atoms with Crippen LogP contribution in [0.4, 0.5) is 0 Å². The molecule has 5 aromatic carbocycles. The van der Waals surface area contributed by atoms with E-state index in [2.05, 4.69) is 26.5 Å². The van der Waals surface area contributed by atoms with Gasteiger partial charge in [0.05, 0.1) is 49.2 Å². The summed E-state index contributed by atoms with van der Waals surface area (Å²) in [6.07, 6.45) is 5.39. The number of hydrogen-bond donors (Lipinski definition) is 0. The molecule has 2 heterocycles. The summed E-state index contributed by atoms with van der Waals surface area (Å²) in [5, 5.41) is 1.41. The normalized spacial score (nSPS) is 10.5. The summed E-state index contributed by atoms with van der Waals surface area (Å²) in [7, 11) is 3.08. The Labute approximate surface area is 287 Å². The lowest BCUT2D eigenvalue weighted by atomic mass is 10.00. The van der Waals surface area contributed by atoms with Gasteiger partial charge in [0, 0.05) is 27.6 Å². The van der Waals surface area contributed by atoms with Gasteiger partial charge in [0.1, 0.15) is 22.7 Å². The number of ketones is 1. The summed E-state index contributed by atoms with van der Waals surface area (Å²) in [6, 6.07) is 33.0. The molecule has 0 aliphatic rings. The van der Waals surface area contributed by atoms with Crippen LogP contribution < -0.4 is 14.9 Å². The lowest BCUT2D eigenvalue weighted by Crippen LogP contribution is -2.11. The maximum absolute atomic E-state index is 13.1. The molecule has 244 valence electrons. The van der Waals surface area contributed by atoms with Crippen molar-refractivity contribution in [1.29, 1.82) is 0 Å². The summed E-state index contributed by atoms with van der Waals surface area (Å²) in [4.78, 5) is 55.2. The van der Waals surface area contributed by atoms with Crippen molar-refractivity contribution < 1.29 is 19.1 Å². The van der Waals surface area contributed by atoms with Crippen LogP contribution in [-0.2, 0) is 0 Å². The van der Waals surface area contributed by atoms with Crippen LogP contribution >= 0.6 is 0 Å². The van der Waals surface area contributed by atoms with Gasteiger partial charge in [-0.25, -0.2) is 9.97 Å².